The molecule has 0 aliphatic rings. The maximum Gasteiger partial charge on any atom is 0.158 e. The molecule has 0 unspecified atom stereocenters. The highest BCUT2D eigenvalue weighted by atomic mass is 32.1. The van der Waals surface area contributed by atoms with Gasteiger partial charge in [-0.15, -0.1) is 11.3 Å². The number of hydrazine groups is 1. The minimum absolute atomic E-state index is 0.549. The van der Waals surface area contributed by atoms with Crippen molar-refractivity contribution >= 4 is 17.2 Å². The van der Waals surface area contributed by atoms with E-state index in [0.29, 0.717) is 12.4 Å². The minimum Gasteiger partial charge on any atom is -0.324 e. The average molecular weight is 272 g/mol. The molecule has 3 rings (SSSR count). The number of nitrogens with two attached hydrogens (primary N) is 1. The Morgan fingerprint density at radius 2 is 2.21 bits per heavy atom. The lowest BCUT2D eigenvalue weighted by Gasteiger charge is -2.06. The molecule has 0 atom stereocenters. The molecule has 0 radical (unpaired) electrons. The Morgan fingerprint density at radius 1 is 1.26 bits per heavy atom. The maximum atomic E-state index is 5.26. The molecule has 3 N–H and O–H groups in total. The molecule has 3 aromatic heterocycles. The highest BCUT2D eigenvalue weighted by Crippen LogP contribution is 2.23. The minimum atomic E-state index is 0.549. The SMILES string of the molecule is NNc1cnc(Cn2ccnc2-c2cccs2)cn1. The van der Waals surface area contributed by atoms with Gasteiger partial charge in [0.25, 0.3) is 0 Å². The lowest BCUT2D eigenvalue weighted by molar-refractivity contribution is 0.777. The van der Waals surface area contributed by atoms with Crippen LogP contribution in [0.4, 0.5) is 5.82 Å². The van der Waals surface area contributed by atoms with Crippen LogP contribution >= 0.6 is 11.3 Å². The van der Waals surface area contributed by atoms with Crippen molar-refractivity contribution in [3.05, 3.63) is 48.0 Å². The normalized spacial score (nSPS) is 10.6. The van der Waals surface area contributed by atoms with Gasteiger partial charge in [0.2, 0.25) is 0 Å². The second-order valence-corrected chi connectivity index (χ2v) is 4.84. The molecule has 0 bridgehead atoms. The van der Waals surface area contributed by atoms with Crippen molar-refractivity contribution in [2.75, 3.05) is 5.43 Å². The fourth-order valence-electron chi connectivity index (χ4n) is 1.75. The van der Waals surface area contributed by atoms with Gasteiger partial charge >= 0.3 is 0 Å². The van der Waals surface area contributed by atoms with Crippen LogP contribution in [-0.2, 0) is 6.54 Å². The van der Waals surface area contributed by atoms with E-state index in [9.17, 15) is 0 Å². The van der Waals surface area contributed by atoms with E-state index in [1.165, 1.54) is 0 Å². The third-order valence-corrected chi connectivity index (χ3v) is 3.51. The van der Waals surface area contributed by atoms with E-state index < -0.39 is 0 Å². The summed E-state index contributed by atoms with van der Waals surface area (Å²) in [6.07, 6.45) is 7.04. The van der Waals surface area contributed by atoms with Gasteiger partial charge in [-0.3, -0.25) is 4.98 Å². The van der Waals surface area contributed by atoms with Crippen molar-refractivity contribution in [1.82, 2.24) is 19.5 Å². The molecular formula is C12H12N6S. The quantitative estimate of drug-likeness (QED) is 0.558. The second kappa shape index (κ2) is 5.17. The summed E-state index contributed by atoms with van der Waals surface area (Å²) in [5.74, 6) is 6.75. The molecule has 3 heterocycles. The lowest BCUT2D eigenvalue weighted by Crippen LogP contribution is -2.10. The summed E-state index contributed by atoms with van der Waals surface area (Å²) in [5, 5.41) is 2.04. The Labute approximate surface area is 113 Å². The number of imidazole rings is 1. The molecule has 7 heteroatoms. The highest BCUT2D eigenvalue weighted by Gasteiger charge is 2.07. The van der Waals surface area contributed by atoms with Crippen molar-refractivity contribution in [2.45, 2.75) is 6.54 Å². The summed E-state index contributed by atoms with van der Waals surface area (Å²) in [7, 11) is 0. The number of aromatic nitrogens is 4. The van der Waals surface area contributed by atoms with Crippen molar-refractivity contribution < 1.29 is 0 Å². The Bertz CT molecular complexity index is 643. The number of nitrogen functional groups attached to an aromatic ring is 1. The first-order valence-corrected chi connectivity index (χ1v) is 6.57. The Hall–Kier alpha value is -2.25. The van der Waals surface area contributed by atoms with Crippen molar-refractivity contribution in [3.8, 4) is 10.7 Å². The predicted molar refractivity (Wildman–Crippen MR) is 74.5 cm³/mol. The summed E-state index contributed by atoms with van der Waals surface area (Å²) in [5.41, 5.74) is 3.31. The van der Waals surface area contributed by atoms with E-state index in [1.54, 1.807) is 29.9 Å². The van der Waals surface area contributed by atoms with E-state index in [4.69, 9.17) is 5.84 Å². The fraction of sp³-hybridized carbons (Fsp3) is 0.0833. The van der Waals surface area contributed by atoms with Gasteiger partial charge in [0.15, 0.2) is 5.82 Å². The molecule has 0 aliphatic carbocycles. The number of nitrogens with one attached hydrogen (secondary N) is 1. The van der Waals surface area contributed by atoms with Crippen LogP contribution in [0.5, 0.6) is 0 Å². The van der Waals surface area contributed by atoms with Crippen LogP contribution in [-0.4, -0.2) is 19.5 Å². The number of nitrogens with zero attached hydrogens (tertiary/aromatic N) is 4. The molecule has 6 nitrogen and oxygen atoms in total. The molecule has 0 saturated heterocycles. The summed E-state index contributed by atoms with van der Waals surface area (Å²) in [6, 6.07) is 4.07. The van der Waals surface area contributed by atoms with Crippen LogP contribution in [0.3, 0.4) is 0 Å². The highest BCUT2D eigenvalue weighted by molar-refractivity contribution is 7.13. The van der Waals surface area contributed by atoms with Gasteiger partial charge in [0.05, 0.1) is 29.5 Å². The van der Waals surface area contributed by atoms with Crippen LogP contribution in [0.25, 0.3) is 10.7 Å². The standard InChI is InChI=1S/C12H12N6S/c13-17-11-7-15-9(6-16-11)8-18-4-3-14-12(18)10-2-1-5-19-10/h1-7H,8,13H2,(H,16,17). The van der Waals surface area contributed by atoms with E-state index in [0.717, 1.165) is 16.4 Å². The van der Waals surface area contributed by atoms with Gasteiger partial charge < -0.3 is 9.99 Å². The molecule has 96 valence electrons. The number of rotatable bonds is 4. The van der Waals surface area contributed by atoms with Gasteiger partial charge in [-0.25, -0.2) is 15.8 Å². The van der Waals surface area contributed by atoms with Gasteiger partial charge in [0, 0.05) is 12.4 Å². The van der Waals surface area contributed by atoms with Gasteiger partial charge in [0.1, 0.15) is 5.82 Å². The molecule has 0 aliphatic heterocycles. The third-order valence-electron chi connectivity index (χ3n) is 2.64. The van der Waals surface area contributed by atoms with Crippen molar-refractivity contribution in [2.24, 2.45) is 5.84 Å². The number of anilines is 1. The first kappa shape index (κ1) is 11.8. The maximum absolute atomic E-state index is 5.26. The number of thiophene rings is 1. The summed E-state index contributed by atoms with van der Waals surface area (Å²) >= 11 is 1.67. The summed E-state index contributed by atoms with van der Waals surface area (Å²) < 4.78 is 2.05. The molecule has 19 heavy (non-hydrogen) atoms. The third kappa shape index (κ3) is 2.47. The average Bonchev–Trinajstić information content (AvgIpc) is 3.10. The fourth-order valence-corrected chi connectivity index (χ4v) is 2.49. The Kier molecular flexibility index (Phi) is 3.21. The van der Waals surface area contributed by atoms with Crippen LogP contribution in [0, 0.1) is 0 Å². The van der Waals surface area contributed by atoms with E-state index in [1.807, 2.05) is 22.2 Å². The first-order chi connectivity index (χ1) is 9.36. The Morgan fingerprint density at radius 3 is 2.89 bits per heavy atom. The predicted octanol–water partition coefficient (Wildman–Crippen LogP) is 1.74. The van der Waals surface area contributed by atoms with Gasteiger partial charge in [-0.2, -0.15) is 0 Å². The second-order valence-electron chi connectivity index (χ2n) is 3.89. The van der Waals surface area contributed by atoms with Crippen LogP contribution in [0.15, 0.2) is 42.3 Å². The smallest absolute Gasteiger partial charge is 0.158 e. The molecule has 3 aromatic rings. The zero-order valence-corrected chi connectivity index (χ0v) is 10.8. The number of hydrogen-bond acceptors (Lipinski definition) is 6. The molecule has 0 saturated carbocycles. The zero-order valence-electron chi connectivity index (χ0n) is 10.0. The van der Waals surface area contributed by atoms with Gasteiger partial charge in [-0.05, 0) is 11.4 Å². The molecule has 0 spiro atoms. The molecule has 0 aromatic carbocycles. The molecule has 0 fully saturated rings. The number of hydrogen-bond donors (Lipinski definition) is 2. The summed E-state index contributed by atoms with van der Waals surface area (Å²) in [6.45, 7) is 0.630. The monoisotopic (exact) mass is 272 g/mol. The van der Waals surface area contributed by atoms with Gasteiger partial charge in [-0.1, -0.05) is 6.07 Å². The largest absolute Gasteiger partial charge is 0.324 e. The Balaban J connectivity index is 1.85. The van der Waals surface area contributed by atoms with E-state index in [2.05, 4.69) is 26.4 Å². The van der Waals surface area contributed by atoms with Crippen LogP contribution in [0.1, 0.15) is 5.69 Å². The summed E-state index contributed by atoms with van der Waals surface area (Å²) in [4.78, 5) is 14.0. The van der Waals surface area contributed by atoms with Crippen molar-refractivity contribution in [1.29, 1.82) is 0 Å². The molecular weight excluding hydrogens is 260 g/mol. The van der Waals surface area contributed by atoms with E-state index >= 15 is 0 Å². The molecule has 0 amide bonds. The first-order valence-electron chi connectivity index (χ1n) is 5.69. The lowest BCUT2D eigenvalue weighted by atomic mass is 10.4. The van der Waals surface area contributed by atoms with Crippen LogP contribution < -0.4 is 11.3 Å². The van der Waals surface area contributed by atoms with Crippen molar-refractivity contribution in [3.63, 3.8) is 0 Å². The van der Waals surface area contributed by atoms with Crippen LogP contribution in [0.2, 0.25) is 0 Å². The topological polar surface area (TPSA) is 81.6 Å². The van der Waals surface area contributed by atoms with E-state index in [-0.39, 0.29) is 0 Å². The zero-order chi connectivity index (χ0) is 13.1.